The number of nitro benzene ring substituents is 1. The average Bonchev–Trinajstić information content (AvgIpc) is 2.94. The number of nitrogens with zero attached hydrogens (tertiary/aromatic N) is 1. The Labute approximate surface area is 229 Å². The van der Waals surface area contributed by atoms with Crippen LogP contribution in [0.1, 0.15) is 126 Å². The molecule has 2 rings (SSSR count). The first-order chi connectivity index (χ1) is 18.6. The molecule has 5 nitrogen and oxygen atoms in total. The lowest BCUT2D eigenvalue weighted by molar-refractivity contribution is -0.384. The molecular weight excluding hydrogens is 474 g/mol. The van der Waals surface area contributed by atoms with Crippen LogP contribution in [0.25, 0.3) is 6.08 Å². The van der Waals surface area contributed by atoms with Crippen molar-refractivity contribution in [3.05, 3.63) is 75.8 Å². The third-order valence-electron chi connectivity index (χ3n) is 6.92. The van der Waals surface area contributed by atoms with E-state index >= 15 is 0 Å². The van der Waals surface area contributed by atoms with Gasteiger partial charge in [-0.2, -0.15) is 0 Å². The summed E-state index contributed by atoms with van der Waals surface area (Å²) < 4.78 is 5.86. The number of non-ortho nitro benzene ring substituents is 1. The first kappa shape index (κ1) is 31.3. The number of rotatable bonds is 22. The third-order valence-corrected chi connectivity index (χ3v) is 6.92. The molecule has 0 aliphatic rings. The summed E-state index contributed by atoms with van der Waals surface area (Å²) in [6, 6.07) is 13.4. The molecule has 0 spiro atoms. The highest BCUT2D eigenvalue weighted by Crippen LogP contribution is 2.17. The Bertz CT molecular complexity index is 952. The number of nitro groups is 1. The Morgan fingerprint density at radius 3 is 1.82 bits per heavy atom. The molecule has 0 saturated carbocycles. The lowest BCUT2D eigenvalue weighted by atomic mass is 10.0. The fourth-order valence-corrected chi connectivity index (χ4v) is 4.56. The van der Waals surface area contributed by atoms with Gasteiger partial charge >= 0.3 is 0 Å². The van der Waals surface area contributed by atoms with Gasteiger partial charge in [0.25, 0.3) is 5.69 Å². The van der Waals surface area contributed by atoms with Gasteiger partial charge in [-0.3, -0.25) is 14.9 Å². The van der Waals surface area contributed by atoms with Crippen molar-refractivity contribution in [2.75, 3.05) is 6.61 Å². The van der Waals surface area contributed by atoms with E-state index in [1.807, 2.05) is 24.3 Å². The maximum absolute atomic E-state index is 12.3. The summed E-state index contributed by atoms with van der Waals surface area (Å²) in [5.41, 5.74) is 1.09. The Morgan fingerprint density at radius 2 is 1.29 bits per heavy atom. The van der Waals surface area contributed by atoms with E-state index in [-0.39, 0.29) is 11.5 Å². The molecule has 0 atom stereocenters. The molecule has 5 heteroatoms. The molecule has 0 radical (unpaired) electrons. The van der Waals surface area contributed by atoms with Crippen molar-refractivity contribution in [3.63, 3.8) is 0 Å². The number of hydrogen-bond acceptors (Lipinski definition) is 4. The predicted molar refractivity (Wildman–Crippen MR) is 158 cm³/mol. The second kappa shape index (κ2) is 20.1. The van der Waals surface area contributed by atoms with Crippen molar-refractivity contribution in [2.24, 2.45) is 0 Å². The molecular formula is C33H47NO4. The molecule has 2 aromatic rings. The summed E-state index contributed by atoms with van der Waals surface area (Å²) in [5, 5.41) is 10.9. The molecule has 208 valence electrons. The molecule has 0 aliphatic heterocycles. The molecule has 2 aromatic carbocycles. The SMILES string of the molecule is CCCCCCCCCCCCCCCCCCOc1ccc(C=CC(=O)c2cccc([N+](=O)[O-])c2)cc1. The van der Waals surface area contributed by atoms with Crippen LogP contribution in [0.4, 0.5) is 5.69 Å². The second-order valence-electron chi connectivity index (χ2n) is 10.2. The van der Waals surface area contributed by atoms with Gasteiger partial charge < -0.3 is 4.74 Å². The van der Waals surface area contributed by atoms with E-state index in [1.165, 1.54) is 121 Å². The lowest BCUT2D eigenvalue weighted by Crippen LogP contribution is -1.97. The summed E-state index contributed by atoms with van der Waals surface area (Å²) in [6.07, 6.45) is 24.9. The van der Waals surface area contributed by atoms with Crippen LogP contribution in [-0.2, 0) is 0 Å². The Hall–Kier alpha value is -2.95. The molecule has 0 aromatic heterocycles. The molecule has 0 fully saturated rings. The number of allylic oxidation sites excluding steroid dienone is 1. The molecule has 0 aliphatic carbocycles. The van der Waals surface area contributed by atoms with Crippen molar-refractivity contribution in [2.45, 2.75) is 110 Å². The second-order valence-corrected chi connectivity index (χ2v) is 10.2. The number of carbonyl (C=O) groups is 1. The zero-order valence-corrected chi connectivity index (χ0v) is 23.4. The first-order valence-corrected chi connectivity index (χ1v) is 14.8. The van der Waals surface area contributed by atoms with E-state index in [4.69, 9.17) is 4.74 Å². The van der Waals surface area contributed by atoms with Gasteiger partial charge in [0, 0.05) is 17.7 Å². The quantitative estimate of drug-likeness (QED) is 0.0508. The smallest absolute Gasteiger partial charge is 0.270 e. The molecule has 0 N–H and O–H groups in total. The molecule has 0 amide bonds. The molecule has 0 saturated heterocycles. The highest BCUT2D eigenvalue weighted by Gasteiger charge is 2.09. The van der Waals surface area contributed by atoms with Crippen molar-refractivity contribution in [1.29, 1.82) is 0 Å². The van der Waals surface area contributed by atoms with Crippen LogP contribution >= 0.6 is 0 Å². The standard InChI is InChI=1S/C33H47NO4/c1-2-3-4-5-6-7-8-9-10-11-12-13-14-15-16-17-27-38-32-24-21-29(22-25-32)23-26-33(35)30-19-18-20-31(28-30)34(36)37/h18-26,28H,2-17,27H2,1H3. The molecule has 38 heavy (non-hydrogen) atoms. The third kappa shape index (κ3) is 14.1. The lowest BCUT2D eigenvalue weighted by Gasteiger charge is -2.07. The fourth-order valence-electron chi connectivity index (χ4n) is 4.56. The first-order valence-electron chi connectivity index (χ1n) is 14.8. The maximum Gasteiger partial charge on any atom is 0.270 e. The largest absolute Gasteiger partial charge is 0.494 e. The van der Waals surface area contributed by atoms with Crippen LogP contribution in [0.5, 0.6) is 5.75 Å². The van der Waals surface area contributed by atoms with Crippen LogP contribution in [-0.4, -0.2) is 17.3 Å². The normalized spacial score (nSPS) is 11.2. The minimum absolute atomic E-state index is 0.0879. The summed E-state index contributed by atoms with van der Waals surface area (Å²) in [5.74, 6) is 0.561. The molecule has 0 bridgehead atoms. The highest BCUT2D eigenvalue weighted by atomic mass is 16.6. The van der Waals surface area contributed by atoms with Crippen molar-refractivity contribution in [3.8, 4) is 5.75 Å². The van der Waals surface area contributed by atoms with Crippen LogP contribution in [0.3, 0.4) is 0 Å². The maximum atomic E-state index is 12.3. The molecule has 0 unspecified atom stereocenters. The summed E-state index contributed by atoms with van der Waals surface area (Å²) in [4.78, 5) is 22.7. The van der Waals surface area contributed by atoms with Gasteiger partial charge in [-0.25, -0.2) is 0 Å². The zero-order chi connectivity index (χ0) is 27.3. The van der Waals surface area contributed by atoms with Gasteiger partial charge in [0.05, 0.1) is 11.5 Å². The Kier molecular flexibility index (Phi) is 16.5. The van der Waals surface area contributed by atoms with E-state index in [0.29, 0.717) is 5.56 Å². The van der Waals surface area contributed by atoms with E-state index in [0.717, 1.165) is 24.3 Å². The van der Waals surface area contributed by atoms with Crippen molar-refractivity contribution in [1.82, 2.24) is 0 Å². The van der Waals surface area contributed by atoms with Gasteiger partial charge in [0.2, 0.25) is 0 Å². The van der Waals surface area contributed by atoms with Crippen molar-refractivity contribution >= 4 is 17.5 Å². The van der Waals surface area contributed by atoms with Crippen LogP contribution in [0.2, 0.25) is 0 Å². The van der Waals surface area contributed by atoms with E-state index in [1.54, 1.807) is 12.1 Å². The van der Waals surface area contributed by atoms with Gasteiger partial charge in [-0.15, -0.1) is 0 Å². The zero-order valence-electron chi connectivity index (χ0n) is 23.4. The monoisotopic (exact) mass is 521 g/mol. The summed E-state index contributed by atoms with van der Waals surface area (Å²) >= 11 is 0. The Morgan fingerprint density at radius 1 is 0.763 bits per heavy atom. The fraction of sp³-hybridized carbons (Fsp3) is 0.545. The number of hydrogen-bond donors (Lipinski definition) is 0. The minimum atomic E-state index is -0.501. The van der Waals surface area contributed by atoms with Gasteiger partial charge in [0.1, 0.15) is 5.75 Å². The molecule has 0 heterocycles. The van der Waals surface area contributed by atoms with Gasteiger partial charge in [0.15, 0.2) is 5.78 Å². The highest BCUT2D eigenvalue weighted by molar-refractivity contribution is 6.07. The van der Waals surface area contributed by atoms with E-state index < -0.39 is 4.92 Å². The predicted octanol–water partition coefficient (Wildman–Crippen LogP) is 10.1. The number of benzene rings is 2. The van der Waals surface area contributed by atoms with Crippen LogP contribution < -0.4 is 4.74 Å². The number of ketones is 1. The summed E-state index contributed by atoms with van der Waals surface area (Å²) in [7, 11) is 0. The van der Waals surface area contributed by atoms with E-state index in [9.17, 15) is 14.9 Å². The average molecular weight is 522 g/mol. The van der Waals surface area contributed by atoms with Crippen LogP contribution in [0, 0.1) is 10.1 Å². The minimum Gasteiger partial charge on any atom is -0.494 e. The Balaban J connectivity index is 1.47. The van der Waals surface area contributed by atoms with Gasteiger partial charge in [-0.1, -0.05) is 134 Å². The van der Waals surface area contributed by atoms with Crippen molar-refractivity contribution < 1.29 is 14.5 Å². The number of unbranched alkanes of at least 4 members (excludes halogenated alkanes) is 15. The van der Waals surface area contributed by atoms with E-state index in [2.05, 4.69) is 6.92 Å². The topological polar surface area (TPSA) is 69.4 Å². The summed E-state index contributed by atoms with van der Waals surface area (Å²) in [6.45, 7) is 3.00. The number of carbonyl (C=O) groups excluding carboxylic acids is 1. The van der Waals surface area contributed by atoms with Crippen LogP contribution in [0.15, 0.2) is 54.6 Å². The number of ether oxygens (including phenoxy) is 1. The van der Waals surface area contributed by atoms with Gasteiger partial charge in [-0.05, 0) is 30.2 Å².